The molecule has 1 unspecified atom stereocenters. The first kappa shape index (κ1) is 14.7. The zero-order valence-corrected chi connectivity index (χ0v) is 12.0. The van der Waals surface area contributed by atoms with E-state index in [0.717, 1.165) is 5.82 Å². The molecule has 0 fully saturated rings. The molecule has 5 heteroatoms. The van der Waals surface area contributed by atoms with Gasteiger partial charge < -0.3 is 15.2 Å². The standard InChI is InChI=1S/C13H24N4O/c1-13(2,3)10(14)8-12(18)17(5)9-11-15-6-7-16(11)4/h6-7,10H,8-9,14H2,1-5H3. The lowest BCUT2D eigenvalue weighted by Crippen LogP contribution is -2.40. The van der Waals surface area contributed by atoms with Crippen molar-refractivity contribution >= 4 is 5.91 Å². The molecule has 0 aliphatic rings. The summed E-state index contributed by atoms with van der Waals surface area (Å²) in [6, 6.07) is -0.131. The van der Waals surface area contributed by atoms with Crippen molar-refractivity contribution in [1.29, 1.82) is 0 Å². The Morgan fingerprint density at radius 2 is 2.17 bits per heavy atom. The SMILES string of the molecule is CN(Cc1nccn1C)C(=O)CC(N)C(C)(C)C. The molecule has 0 bridgehead atoms. The summed E-state index contributed by atoms with van der Waals surface area (Å²) in [6.07, 6.45) is 3.97. The van der Waals surface area contributed by atoms with E-state index in [9.17, 15) is 4.79 Å². The number of aryl methyl sites for hydroxylation is 1. The Bertz CT molecular complexity index is 405. The van der Waals surface area contributed by atoms with Crippen molar-refractivity contribution in [3.63, 3.8) is 0 Å². The lowest BCUT2D eigenvalue weighted by Gasteiger charge is -2.28. The van der Waals surface area contributed by atoms with Crippen LogP contribution in [0.3, 0.4) is 0 Å². The van der Waals surface area contributed by atoms with E-state index in [1.807, 2.05) is 38.6 Å². The van der Waals surface area contributed by atoms with Crippen LogP contribution in [-0.4, -0.2) is 33.4 Å². The Labute approximate surface area is 109 Å². The molecule has 1 atom stereocenters. The molecule has 1 aromatic rings. The summed E-state index contributed by atoms with van der Waals surface area (Å²) in [5, 5.41) is 0. The number of nitrogens with zero attached hydrogens (tertiary/aromatic N) is 3. The minimum absolute atomic E-state index is 0.0558. The molecule has 1 heterocycles. The molecule has 0 aliphatic heterocycles. The van der Waals surface area contributed by atoms with Gasteiger partial charge in [0.25, 0.3) is 0 Å². The van der Waals surface area contributed by atoms with Crippen LogP contribution >= 0.6 is 0 Å². The Morgan fingerprint density at radius 1 is 1.56 bits per heavy atom. The van der Waals surface area contributed by atoms with E-state index in [4.69, 9.17) is 5.73 Å². The second kappa shape index (κ2) is 5.52. The molecule has 0 saturated heterocycles. The average Bonchev–Trinajstić information content (AvgIpc) is 2.62. The van der Waals surface area contributed by atoms with Crippen molar-refractivity contribution in [2.24, 2.45) is 18.2 Å². The van der Waals surface area contributed by atoms with Gasteiger partial charge in [-0.15, -0.1) is 0 Å². The Morgan fingerprint density at radius 3 is 2.61 bits per heavy atom. The van der Waals surface area contributed by atoms with Crippen molar-refractivity contribution in [2.75, 3.05) is 7.05 Å². The number of aromatic nitrogens is 2. The van der Waals surface area contributed by atoms with Gasteiger partial charge in [-0.3, -0.25) is 4.79 Å². The third-order valence-electron chi connectivity index (χ3n) is 3.23. The van der Waals surface area contributed by atoms with Gasteiger partial charge in [0.1, 0.15) is 5.82 Å². The van der Waals surface area contributed by atoms with Gasteiger partial charge in [0.05, 0.1) is 6.54 Å². The molecule has 0 aromatic carbocycles. The van der Waals surface area contributed by atoms with Crippen LogP contribution in [0.4, 0.5) is 0 Å². The monoisotopic (exact) mass is 252 g/mol. The minimum Gasteiger partial charge on any atom is -0.338 e. The lowest BCUT2D eigenvalue weighted by molar-refractivity contribution is -0.131. The number of carbonyl (C=O) groups is 1. The largest absolute Gasteiger partial charge is 0.338 e. The average molecular weight is 252 g/mol. The summed E-state index contributed by atoms with van der Waals surface area (Å²) in [4.78, 5) is 17.9. The van der Waals surface area contributed by atoms with Crippen LogP contribution in [0.25, 0.3) is 0 Å². The van der Waals surface area contributed by atoms with E-state index in [0.29, 0.717) is 13.0 Å². The van der Waals surface area contributed by atoms with Crippen LogP contribution < -0.4 is 5.73 Å². The number of nitrogens with two attached hydrogens (primary N) is 1. The summed E-state index contributed by atoms with van der Waals surface area (Å²) < 4.78 is 1.91. The second-order valence-corrected chi connectivity index (χ2v) is 5.88. The minimum atomic E-state index is -0.131. The van der Waals surface area contributed by atoms with Crippen LogP contribution in [0.2, 0.25) is 0 Å². The molecule has 0 spiro atoms. The zero-order valence-electron chi connectivity index (χ0n) is 12.0. The molecule has 0 radical (unpaired) electrons. The second-order valence-electron chi connectivity index (χ2n) is 5.88. The number of amides is 1. The molecule has 5 nitrogen and oxygen atoms in total. The van der Waals surface area contributed by atoms with E-state index in [1.165, 1.54) is 0 Å². The Balaban J connectivity index is 2.55. The molecule has 102 valence electrons. The van der Waals surface area contributed by atoms with Gasteiger partial charge in [-0.25, -0.2) is 4.98 Å². The van der Waals surface area contributed by atoms with Gasteiger partial charge in [0.15, 0.2) is 0 Å². The van der Waals surface area contributed by atoms with Crippen LogP contribution in [0.15, 0.2) is 12.4 Å². The summed E-state index contributed by atoms with van der Waals surface area (Å²) in [7, 11) is 3.70. The predicted octanol–water partition coefficient (Wildman–Crippen LogP) is 1.14. The molecule has 18 heavy (non-hydrogen) atoms. The van der Waals surface area contributed by atoms with E-state index in [-0.39, 0.29) is 17.4 Å². The maximum absolute atomic E-state index is 12.0. The van der Waals surface area contributed by atoms with Crippen molar-refractivity contribution in [3.05, 3.63) is 18.2 Å². The maximum Gasteiger partial charge on any atom is 0.224 e. The molecule has 0 aliphatic carbocycles. The smallest absolute Gasteiger partial charge is 0.224 e. The Kier molecular flexibility index (Phi) is 4.51. The number of rotatable bonds is 4. The number of carbonyl (C=O) groups excluding carboxylic acids is 1. The molecular formula is C13H24N4O. The van der Waals surface area contributed by atoms with Crippen LogP contribution in [0.1, 0.15) is 33.0 Å². The van der Waals surface area contributed by atoms with Crippen molar-refractivity contribution < 1.29 is 4.79 Å². The quantitative estimate of drug-likeness (QED) is 0.874. The van der Waals surface area contributed by atoms with Gasteiger partial charge in [-0.1, -0.05) is 20.8 Å². The van der Waals surface area contributed by atoms with Gasteiger partial charge in [0.2, 0.25) is 5.91 Å². The number of hydrogen-bond donors (Lipinski definition) is 1. The topological polar surface area (TPSA) is 64.2 Å². The summed E-state index contributed by atoms with van der Waals surface area (Å²) in [6.45, 7) is 6.65. The summed E-state index contributed by atoms with van der Waals surface area (Å²) in [5.74, 6) is 0.926. The van der Waals surface area contributed by atoms with Crippen LogP contribution in [-0.2, 0) is 18.4 Å². The summed E-state index contributed by atoms with van der Waals surface area (Å²) in [5.41, 5.74) is 5.97. The summed E-state index contributed by atoms with van der Waals surface area (Å²) >= 11 is 0. The van der Waals surface area contributed by atoms with E-state index < -0.39 is 0 Å². The first-order valence-electron chi connectivity index (χ1n) is 6.17. The first-order chi connectivity index (χ1) is 8.21. The fourth-order valence-electron chi connectivity index (χ4n) is 1.50. The molecule has 1 aromatic heterocycles. The van der Waals surface area contributed by atoms with E-state index >= 15 is 0 Å². The molecule has 0 saturated carbocycles. The number of imidazole rings is 1. The molecular weight excluding hydrogens is 228 g/mol. The first-order valence-corrected chi connectivity index (χ1v) is 6.17. The van der Waals surface area contributed by atoms with Gasteiger partial charge in [0, 0.05) is 39.0 Å². The highest BCUT2D eigenvalue weighted by atomic mass is 16.2. The zero-order chi connectivity index (χ0) is 13.9. The Hall–Kier alpha value is -1.36. The van der Waals surface area contributed by atoms with Crippen molar-refractivity contribution in [3.8, 4) is 0 Å². The van der Waals surface area contributed by atoms with Gasteiger partial charge >= 0.3 is 0 Å². The fourth-order valence-corrected chi connectivity index (χ4v) is 1.50. The lowest BCUT2D eigenvalue weighted by atomic mass is 9.85. The van der Waals surface area contributed by atoms with Crippen LogP contribution in [0.5, 0.6) is 0 Å². The molecule has 2 N–H and O–H groups in total. The third-order valence-corrected chi connectivity index (χ3v) is 3.23. The highest BCUT2D eigenvalue weighted by molar-refractivity contribution is 5.76. The number of hydrogen-bond acceptors (Lipinski definition) is 3. The van der Waals surface area contributed by atoms with Gasteiger partial charge in [-0.05, 0) is 5.41 Å². The van der Waals surface area contributed by atoms with E-state index in [1.54, 1.807) is 18.1 Å². The fraction of sp³-hybridized carbons (Fsp3) is 0.692. The maximum atomic E-state index is 12.0. The van der Waals surface area contributed by atoms with E-state index in [2.05, 4.69) is 4.98 Å². The van der Waals surface area contributed by atoms with Crippen molar-refractivity contribution in [2.45, 2.75) is 39.8 Å². The predicted molar refractivity (Wildman–Crippen MR) is 71.7 cm³/mol. The molecule has 1 rings (SSSR count). The normalized spacial score (nSPS) is 13.4. The van der Waals surface area contributed by atoms with Gasteiger partial charge in [-0.2, -0.15) is 0 Å². The highest BCUT2D eigenvalue weighted by Gasteiger charge is 2.24. The van der Waals surface area contributed by atoms with Crippen molar-refractivity contribution in [1.82, 2.24) is 14.5 Å². The third kappa shape index (κ3) is 3.84. The highest BCUT2D eigenvalue weighted by Crippen LogP contribution is 2.20. The molecule has 1 amide bonds. The van der Waals surface area contributed by atoms with Crippen LogP contribution in [0, 0.1) is 5.41 Å².